The Labute approximate surface area is 124 Å². The SMILES string of the molecule is C[C@H]1C2CC3C1C(OS3(=O)=O)C2OC(=O)C(F)(F)S(=O)(=O)O. The topological polar surface area (TPSA) is 124 Å². The summed E-state index contributed by atoms with van der Waals surface area (Å²) in [5.74, 6) is -3.67. The Morgan fingerprint density at radius 3 is 2.55 bits per heavy atom. The molecule has 2 bridgehead atoms. The van der Waals surface area contributed by atoms with E-state index < -0.39 is 60.8 Å². The lowest BCUT2D eigenvalue weighted by Crippen LogP contribution is -2.45. The van der Waals surface area contributed by atoms with Gasteiger partial charge in [0.05, 0.1) is 5.25 Å². The highest BCUT2D eigenvalue weighted by Gasteiger charge is 2.69. The number of carbonyl (C=O) groups is 1. The van der Waals surface area contributed by atoms with E-state index in [1.165, 1.54) is 0 Å². The zero-order chi connectivity index (χ0) is 16.7. The molecule has 0 aromatic rings. The zero-order valence-corrected chi connectivity index (χ0v) is 12.7. The first-order chi connectivity index (χ1) is 9.88. The number of hydrogen-bond donors (Lipinski definition) is 1. The summed E-state index contributed by atoms with van der Waals surface area (Å²) in [7, 11) is -9.82. The van der Waals surface area contributed by atoms with Crippen LogP contribution in [0.3, 0.4) is 0 Å². The Morgan fingerprint density at radius 2 is 2.00 bits per heavy atom. The van der Waals surface area contributed by atoms with Gasteiger partial charge in [0.1, 0.15) is 12.2 Å². The molecule has 1 saturated heterocycles. The number of fused-ring (bicyclic) bond motifs is 1. The lowest BCUT2D eigenvalue weighted by atomic mass is 9.94. The molecule has 0 aromatic heterocycles. The normalized spacial score (nSPS) is 42.5. The smallest absolute Gasteiger partial charge is 0.454 e. The number of esters is 1. The Morgan fingerprint density at radius 1 is 1.41 bits per heavy atom. The van der Waals surface area contributed by atoms with Crippen LogP contribution < -0.4 is 0 Å². The van der Waals surface area contributed by atoms with E-state index in [1.807, 2.05) is 0 Å². The van der Waals surface area contributed by atoms with E-state index in [-0.39, 0.29) is 12.3 Å². The van der Waals surface area contributed by atoms with Gasteiger partial charge in [-0.3, -0.25) is 8.74 Å². The van der Waals surface area contributed by atoms with Crippen molar-refractivity contribution in [2.75, 3.05) is 0 Å². The van der Waals surface area contributed by atoms with Crippen LogP contribution in [-0.4, -0.2) is 50.1 Å². The number of ether oxygens (including phenoxy) is 1. The van der Waals surface area contributed by atoms with Crippen LogP contribution in [0.2, 0.25) is 0 Å². The highest BCUT2D eigenvalue weighted by atomic mass is 32.2. The van der Waals surface area contributed by atoms with Crippen molar-refractivity contribution in [1.29, 1.82) is 0 Å². The molecule has 3 rings (SSSR count). The van der Waals surface area contributed by atoms with Crippen molar-refractivity contribution in [3.8, 4) is 0 Å². The van der Waals surface area contributed by atoms with Crippen LogP contribution >= 0.6 is 0 Å². The summed E-state index contributed by atoms with van der Waals surface area (Å²) < 4.78 is 88.8. The third-order valence-corrected chi connectivity index (χ3v) is 7.32. The van der Waals surface area contributed by atoms with Crippen LogP contribution in [0.25, 0.3) is 0 Å². The van der Waals surface area contributed by atoms with E-state index in [0.29, 0.717) is 0 Å². The Balaban J connectivity index is 1.86. The van der Waals surface area contributed by atoms with E-state index >= 15 is 0 Å². The van der Waals surface area contributed by atoms with Gasteiger partial charge in [-0.15, -0.1) is 0 Å². The summed E-state index contributed by atoms with van der Waals surface area (Å²) in [6.45, 7) is 1.70. The molecule has 0 spiro atoms. The fourth-order valence-corrected chi connectivity index (χ4v) is 5.97. The average molecular weight is 362 g/mol. The van der Waals surface area contributed by atoms with E-state index in [1.54, 1.807) is 6.92 Å². The van der Waals surface area contributed by atoms with Crippen LogP contribution in [0.4, 0.5) is 8.78 Å². The second-order valence-corrected chi connectivity index (χ2v) is 9.04. The molecule has 3 aliphatic rings. The molecule has 1 aliphatic heterocycles. The molecule has 0 aromatic carbocycles. The maximum Gasteiger partial charge on any atom is 0.465 e. The summed E-state index contributed by atoms with van der Waals surface area (Å²) in [6, 6.07) is 0. The number of alkyl halides is 2. The Hall–Kier alpha value is -0.850. The van der Waals surface area contributed by atoms with E-state index in [9.17, 15) is 30.4 Å². The van der Waals surface area contributed by atoms with Crippen molar-refractivity contribution in [1.82, 2.24) is 0 Å². The highest BCUT2D eigenvalue weighted by Crippen LogP contribution is 2.58. The molecule has 126 valence electrons. The van der Waals surface area contributed by atoms with E-state index in [2.05, 4.69) is 4.74 Å². The number of rotatable bonds is 3. The Bertz CT molecular complexity index is 730. The maximum atomic E-state index is 13.2. The maximum absolute atomic E-state index is 13.2. The predicted octanol–water partition coefficient (Wildman–Crippen LogP) is -0.238. The summed E-state index contributed by atoms with van der Waals surface area (Å²) in [6.07, 6.45) is -2.28. The Kier molecular flexibility index (Phi) is 3.18. The molecule has 6 atom stereocenters. The van der Waals surface area contributed by atoms with E-state index in [0.717, 1.165) is 0 Å². The molecule has 0 amide bonds. The fourth-order valence-electron chi connectivity index (χ4n) is 3.78. The molecule has 3 fully saturated rings. The second-order valence-electron chi connectivity index (χ2n) is 5.79. The van der Waals surface area contributed by atoms with Gasteiger partial charge < -0.3 is 4.74 Å². The van der Waals surface area contributed by atoms with Crippen LogP contribution in [0.1, 0.15) is 13.3 Å². The van der Waals surface area contributed by atoms with Gasteiger partial charge in [-0.1, -0.05) is 6.92 Å². The van der Waals surface area contributed by atoms with Gasteiger partial charge in [0, 0.05) is 11.8 Å². The van der Waals surface area contributed by atoms with Crippen LogP contribution in [-0.2, 0) is 34.0 Å². The largest absolute Gasteiger partial charge is 0.465 e. The van der Waals surface area contributed by atoms with Gasteiger partial charge in [0.2, 0.25) is 0 Å². The summed E-state index contributed by atoms with van der Waals surface area (Å²) in [4.78, 5) is 11.4. The molecule has 1 heterocycles. The molecule has 2 saturated carbocycles. The predicted molar refractivity (Wildman–Crippen MR) is 64.7 cm³/mol. The average Bonchev–Trinajstić information content (AvgIpc) is 2.87. The van der Waals surface area contributed by atoms with Gasteiger partial charge >= 0.3 is 21.3 Å². The van der Waals surface area contributed by atoms with Gasteiger partial charge in [-0.05, 0) is 12.3 Å². The van der Waals surface area contributed by atoms with Crippen molar-refractivity contribution in [3.05, 3.63) is 0 Å². The minimum atomic E-state index is -5.97. The van der Waals surface area contributed by atoms with E-state index in [4.69, 9.17) is 8.74 Å². The minimum absolute atomic E-state index is 0.0973. The monoisotopic (exact) mass is 362 g/mol. The van der Waals surface area contributed by atoms with Gasteiger partial charge in [0.15, 0.2) is 0 Å². The first kappa shape index (κ1) is 16.0. The van der Waals surface area contributed by atoms with Crippen LogP contribution in [0.15, 0.2) is 0 Å². The first-order valence-corrected chi connectivity index (χ1v) is 9.27. The van der Waals surface area contributed by atoms with Crippen molar-refractivity contribution in [2.24, 2.45) is 17.8 Å². The fraction of sp³-hybridized carbons (Fsp3) is 0.900. The van der Waals surface area contributed by atoms with Crippen molar-refractivity contribution in [3.63, 3.8) is 0 Å². The number of carbonyl (C=O) groups excluding carboxylic acids is 1. The highest BCUT2D eigenvalue weighted by molar-refractivity contribution is 7.88. The third-order valence-electron chi connectivity index (χ3n) is 4.76. The first-order valence-electron chi connectivity index (χ1n) is 6.36. The van der Waals surface area contributed by atoms with Gasteiger partial charge in [-0.2, -0.15) is 25.6 Å². The van der Waals surface area contributed by atoms with Crippen LogP contribution in [0.5, 0.6) is 0 Å². The second kappa shape index (κ2) is 4.36. The molecule has 5 unspecified atom stereocenters. The molecule has 12 heteroatoms. The van der Waals surface area contributed by atoms with Gasteiger partial charge in [0.25, 0.3) is 10.1 Å². The molecule has 2 aliphatic carbocycles. The molecular formula is C10H12F2O8S2. The van der Waals surface area contributed by atoms with Crippen LogP contribution in [0, 0.1) is 17.8 Å². The quantitative estimate of drug-likeness (QED) is 0.414. The standard InChI is InChI=1S/C10H12F2O8S2/c1-3-4-2-5-6(3)8(20-21(5,14)15)7(4)19-9(13)10(11,12)22(16,17)18/h3-8H,2H2,1H3,(H,16,17,18)/t3-,4?,5?,6?,7?,8?/m0/s1. The van der Waals surface area contributed by atoms with Crippen molar-refractivity contribution < 1.29 is 43.9 Å². The summed E-state index contributed by atoms with van der Waals surface area (Å²) in [5, 5.41) is -5.87. The number of hydrogen-bond acceptors (Lipinski definition) is 7. The third kappa shape index (κ3) is 1.93. The molecular weight excluding hydrogens is 350 g/mol. The lowest BCUT2D eigenvalue weighted by molar-refractivity contribution is -0.173. The minimum Gasteiger partial charge on any atom is -0.454 e. The molecule has 0 radical (unpaired) electrons. The molecule has 8 nitrogen and oxygen atoms in total. The summed E-state index contributed by atoms with van der Waals surface area (Å²) >= 11 is 0. The lowest BCUT2D eigenvalue weighted by Gasteiger charge is -2.26. The molecule has 1 N–H and O–H groups in total. The summed E-state index contributed by atoms with van der Waals surface area (Å²) in [5.41, 5.74) is 0. The van der Waals surface area contributed by atoms with Crippen molar-refractivity contribution >= 4 is 26.2 Å². The zero-order valence-electron chi connectivity index (χ0n) is 11.0. The van der Waals surface area contributed by atoms with Gasteiger partial charge in [-0.25, -0.2) is 4.79 Å². The molecule has 22 heavy (non-hydrogen) atoms. The number of halogens is 2. The van der Waals surface area contributed by atoms with Crippen molar-refractivity contribution in [2.45, 2.75) is 36.1 Å².